The van der Waals surface area contributed by atoms with Gasteiger partial charge in [-0.2, -0.15) is 0 Å². The third-order valence-corrected chi connectivity index (χ3v) is 5.87. The molecule has 0 saturated heterocycles. The van der Waals surface area contributed by atoms with Crippen LogP contribution in [0.3, 0.4) is 0 Å². The molecule has 3 aliphatic rings. The zero-order chi connectivity index (χ0) is 18.2. The maximum absolute atomic E-state index is 13.3. The van der Waals surface area contributed by atoms with Crippen LogP contribution in [0.15, 0.2) is 54.9 Å². The normalized spacial score (nSPS) is 24.4. The molecule has 3 atom stereocenters. The van der Waals surface area contributed by atoms with Gasteiger partial charge in [0.2, 0.25) is 6.79 Å². The summed E-state index contributed by atoms with van der Waals surface area (Å²) in [7, 11) is 0. The zero-order valence-electron chi connectivity index (χ0n) is 15.1. The number of fused-ring (bicyclic) bond motifs is 3. The Morgan fingerprint density at radius 1 is 1.15 bits per heavy atom. The van der Waals surface area contributed by atoms with Gasteiger partial charge in [-0.3, -0.25) is 9.78 Å². The molecule has 2 aromatic rings. The van der Waals surface area contributed by atoms with Gasteiger partial charge >= 0.3 is 0 Å². The van der Waals surface area contributed by atoms with Crippen molar-refractivity contribution >= 4 is 5.91 Å². The van der Waals surface area contributed by atoms with Crippen LogP contribution in [0.1, 0.15) is 28.8 Å². The molecule has 0 unspecified atom stereocenters. The van der Waals surface area contributed by atoms with E-state index < -0.39 is 0 Å². The van der Waals surface area contributed by atoms with E-state index in [0.29, 0.717) is 41.4 Å². The smallest absolute Gasteiger partial charge is 0.254 e. The molecule has 2 bridgehead atoms. The van der Waals surface area contributed by atoms with Crippen molar-refractivity contribution in [1.29, 1.82) is 0 Å². The van der Waals surface area contributed by atoms with E-state index in [9.17, 15) is 4.79 Å². The quantitative estimate of drug-likeness (QED) is 0.762. The van der Waals surface area contributed by atoms with Crippen LogP contribution < -0.4 is 9.47 Å². The summed E-state index contributed by atoms with van der Waals surface area (Å²) in [6.07, 6.45) is 10.7. The molecule has 1 fully saturated rings. The first-order valence-electron chi connectivity index (χ1n) is 9.52. The molecule has 27 heavy (non-hydrogen) atoms. The van der Waals surface area contributed by atoms with Crippen molar-refractivity contribution in [3.05, 3.63) is 66.0 Å². The topological polar surface area (TPSA) is 51.7 Å². The van der Waals surface area contributed by atoms with E-state index in [1.54, 1.807) is 12.3 Å². The number of ether oxygens (including phenoxy) is 2. The fourth-order valence-electron chi connectivity index (χ4n) is 4.53. The van der Waals surface area contributed by atoms with E-state index in [1.807, 2.05) is 35.4 Å². The van der Waals surface area contributed by atoms with E-state index in [0.717, 1.165) is 12.1 Å². The highest BCUT2D eigenvalue weighted by Crippen LogP contribution is 2.44. The molecular weight excluding hydrogens is 340 g/mol. The number of pyridine rings is 1. The number of nitrogens with zero attached hydrogens (tertiary/aromatic N) is 2. The Hall–Kier alpha value is -2.82. The van der Waals surface area contributed by atoms with Crippen LogP contribution in [0, 0.1) is 17.8 Å². The summed E-state index contributed by atoms with van der Waals surface area (Å²) < 4.78 is 10.8. The van der Waals surface area contributed by atoms with Crippen LogP contribution in [0.25, 0.3) is 0 Å². The number of allylic oxidation sites excluding steroid dienone is 2. The van der Waals surface area contributed by atoms with Crippen LogP contribution in [0.2, 0.25) is 0 Å². The summed E-state index contributed by atoms with van der Waals surface area (Å²) in [6.45, 7) is 1.55. The molecule has 0 N–H and O–H groups in total. The second-order valence-electron chi connectivity index (χ2n) is 7.66. The SMILES string of the molecule is O=C(c1ccc2c(c1)OCO2)N(Cc1cccnc1)C[C@H]1C[C@H]2C=C[C@H]1C2. The number of carbonyl (C=O) groups is 1. The van der Waals surface area contributed by atoms with Crippen molar-refractivity contribution in [2.75, 3.05) is 13.3 Å². The molecule has 5 heteroatoms. The number of benzene rings is 1. The molecule has 1 amide bonds. The minimum atomic E-state index is 0.0314. The van der Waals surface area contributed by atoms with Crippen LogP contribution in [0.5, 0.6) is 11.5 Å². The average Bonchev–Trinajstić information content (AvgIpc) is 3.44. The van der Waals surface area contributed by atoms with E-state index >= 15 is 0 Å². The van der Waals surface area contributed by atoms with Crippen molar-refractivity contribution in [2.45, 2.75) is 19.4 Å². The summed E-state index contributed by atoms with van der Waals surface area (Å²) in [5.41, 5.74) is 1.69. The summed E-state index contributed by atoms with van der Waals surface area (Å²) in [5, 5.41) is 0. The number of amides is 1. The standard InChI is InChI=1S/C22H22N2O3/c25-22(18-5-6-20-21(10-18)27-14-26-20)24(12-16-2-1-7-23-11-16)13-19-9-15-3-4-17(19)8-15/h1-7,10-11,15,17,19H,8-9,12-14H2/t15-,17-,19+/m0/s1. The van der Waals surface area contributed by atoms with Gasteiger partial charge in [0.05, 0.1) is 0 Å². The van der Waals surface area contributed by atoms with E-state index in [1.165, 1.54) is 12.8 Å². The minimum absolute atomic E-state index is 0.0314. The number of carbonyl (C=O) groups excluding carboxylic acids is 1. The van der Waals surface area contributed by atoms with Crippen molar-refractivity contribution in [3.8, 4) is 11.5 Å². The number of rotatable bonds is 5. The van der Waals surface area contributed by atoms with Crippen molar-refractivity contribution < 1.29 is 14.3 Å². The van der Waals surface area contributed by atoms with Gasteiger partial charge in [-0.05, 0) is 60.4 Å². The number of hydrogen-bond acceptors (Lipinski definition) is 4. The highest BCUT2D eigenvalue weighted by atomic mass is 16.7. The Balaban J connectivity index is 1.40. The van der Waals surface area contributed by atoms with Gasteiger partial charge in [-0.15, -0.1) is 0 Å². The van der Waals surface area contributed by atoms with Crippen LogP contribution >= 0.6 is 0 Å². The lowest BCUT2D eigenvalue weighted by atomic mass is 9.92. The first-order chi connectivity index (χ1) is 13.3. The highest BCUT2D eigenvalue weighted by molar-refractivity contribution is 5.95. The summed E-state index contributed by atoms with van der Waals surface area (Å²) in [5.74, 6) is 3.21. The molecule has 5 nitrogen and oxygen atoms in total. The first kappa shape index (κ1) is 16.4. The van der Waals surface area contributed by atoms with Gasteiger partial charge in [0.15, 0.2) is 11.5 Å². The third-order valence-electron chi connectivity index (χ3n) is 5.87. The molecule has 1 saturated carbocycles. The first-order valence-corrected chi connectivity index (χ1v) is 9.52. The summed E-state index contributed by atoms with van der Waals surface area (Å²) >= 11 is 0. The molecule has 138 valence electrons. The largest absolute Gasteiger partial charge is 0.454 e. The fraction of sp³-hybridized carbons (Fsp3) is 0.364. The lowest BCUT2D eigenvalue weighted by Crippen LogP contribution is -2.36. The van der Waals surface area contributed by atoms with Gasteiger partial charge in [0.25, 0.3) is 5.91 Å². The van der Waals surface area contributed by atoms with E-state index in [2.05, 4.69) is 17.1 Å². The molecule has 5 rings (SSSR count). The molecule has 0 spiro atoms. The second-order valence-corrected chi connectivity index (χ2v) is 7.66. The summed E-state index contributed by atoms with van der Waals surface area (Å²) in [6, 6.07) is 9.37. The molecule has 2 aliphatic carbocycles. The second kappa shape index (κ2) is 6.72. The van der Waals surface area contributed by atoms with E-state index in [-0.39, 0.29) is 12.7 Å². The van der Waals surface area contributed by atoms with Gasteiger partial charge in [-0.25, -0.2) is 0 Å². The maximum atomic E-state index is 13.3. The maximum Gasteiger partial charge on any atom is 0.254 e. The van der Waals surface area contributed by atoms with Crippen molar-refractivity contribution in [2.24, 2.45) is 17.8 Å². The highest BCUT2D eigenvalue weighted by Gasteiger charge is 2.37. The average molecular weight is 362 g/mol. The predicted octanol–water partition coefficient (Wildman–Crippen LogP) is 3.66. The molecule has 1 aromatic heterocycles. The Morgan fingerprint density at radius 2 is 2.07 bits per heavy atom. The van der Waals surface area contributed by atoms with Gasteiger partial charge < -0.3 is 14.4 Å². The fourth-order valence-corrected chi connectivity index (χ4v) is 4.53. The zero-order valence-corrected chi connectivity index (χ0v) is 15.1. The van der Waals surface area contributed by atoms with Crippen LogP contribution in [0.4, 0.5) is 0 Å². The predicted molar refractivity (Wildman–Crippen MR) is 100 cm³/mol. The number of aromatic nitrogens is 1. The lowest BCUT2D eigenvalue weighted by molar-refractivity contribution is 0.0704. The van der Waals surface area contributed by atoms with Crippen molar-refractivity contribution in [3.63, 3.8) is 0 Å². The van der Waals surface area contributed by atoms with E-state index in [4.69, 9.17) is 9.47 Å². The Labute approximate surface area is 158 Å². The molecule has 1 aliphatic heterocycles. The van der Waals surface area contributed by atoms with Gasteiger partial charge in [0, 0.05) is 31.0 Å². The Morgan fingerprint density at radius 3 is 2.85 bits per heavy atom. The Bertz CT molecular complexity index is 880. The lowest BCUT2D eigenvalue weighted by Gasteiger charge is -2.29. The number of hydrogen-bond donors (Lipinski definition) is 0. The summed E-state index contributed by atoms with van der Waals surface area (Å²) in [4.78, 5) is 19.5. The van der Waals surface area contributed by atoms with Crippen LogP contribution in [-0.2, 0) is 6.54 Å². The van der Waals surface area contributed by atoms with Crippen molar-refractivity contribution in [1.82, 2.24) is 9.88 Å². The molecule has 2 heterocycles. The minimum Gasteiger partial charge on any atom is -0.454 e. The van der Waals surface area contributed by atoms with Crippen LogP contribution in [-0.4, -0.2) is 29.1 Å². The molecule has 0 radical (unpaired) electrons. The molecule has 1 aromatic carbocycles. The van der Waals surface area contributed by atoms with Gasteiger partial charge in [0.1, 0.15) is 0 Å². The monoisotopic (exact) mass is 362 g/mol. The van der Waals surface area contributed by atoms with Gasteiger partial charge in [-0.1, -0.05) is 18.2 Å². The third kappa shape index (κ3) is 3.18. The Kier molecular flexibility index (Phi) is 4.07. The molecular formula is C22H22N2O3.